The molecule has 1 heterocycles. The number of carboxylic acids is 1. The third kappa shape index (κ3) is 6.12. The molecule has 1 unspecified atom stereocenters. The first-order valence-corrected chi connectivity index (χ1v) is 10.6. The lowest BCUT2D eigenvalue weighted by molar-refractivity contribution is -0.137. The SMILES string of the molecule is Cc1ccc(C)c(-n2[nH]c(C(=O)NC(CC(=O)O)c3cccc(OC(C)(C)C)c3)cc2=O)c1. The standard InChI is InChI=1S/C25H29N3O5/c1-15-9-10-16(2)21(11-15)28-22(29)13-20(27-28)24(32)26-19(14-23(30)31)17-7-6-8-18(12-17)33-25(3,4)5/h6-13,19,27H,14H2,1-5H3,(H,26,32)(H,30,31). The first kappa shape index (κ1) is 23.8. The Balaban J connectivity index is 1.89. The van der Waals surface area contributed by atoms with E-state index in [1.54, 1.807) is 24.3 Å². The quantitative estimate of drug-likeness (QED) is 0.504. The predicted octanol–water partition coefficient (Wildman–Crippen LogP) is 3.91. The summed E-state index contributed by atoms with van der Waals surface area (Å²) in [4.78, 5) is 37.0. The lowest BCUT2D eigenvalue weighted by atomic mass is 10.0. The second kappa shape index (κ2) is 9.36. The average molecular weight is 452 g/mol. The van der Waals surface area contributed by atoms with Crippen LogP contribution in [0.2, 0.25) is 0 Å². The maximum absolute atomic E-state index is 13.0. The van der Waals surface area contributed by atoms with E-state index in [2.05, 4.69) is 10.4 Å². The number of aliphatic carboxylic acids is 1. The second-order valence-electron chi connectivity index (χ2n) is 9.04. The number of hydrogen-bond acceptors (Lipinski definition) is 4. The van der Waals surface area contributed by atoms with E-state index in [1.165, 1.54) is 10.7 Å². The highest BCUT2D eigenvalue weighted by molar-refractivity contribution is 5.92. The van der Waals surface area contributed by atoms with E-state index in [1.807, 2.05) is 52.8 Å². The molecule has 174 valence electrons. The zero-order valence-corrected chi connectivity index (χ0v) is 19.4. The molecule has 1 atom stereocenters. The summed E-state index contributed by atoms with van der Waals surface area (Å²) in [7, 11) is 0. The molecular formula is C25H29N3O5. The van der Waals surface area contributed by atoms with Crippen molar-refractivity contribution >= 4 is 11.9 Å². The minimum Gasteiger partial charge on any atom is -0.488 e. The van der Waals surface area contributed by atoms with Crippen LogP contribution in [-0.4, -0.2) is 32.4 Å². The minimum atomic E-state index is -1.07. The lowest BCUT2D eigenvalue weighted by Gasteiger charge is -2.23. The van der Waals surface area contributed by atoms with Crippen LogP contribution in [0, 0.1) is 13.8 Å². The molecule has 8 nitrogen and oxygen atoms in total. The van der Waals surface area contributed by atoms with Gasteiger partial charge in [-0.2, -0.15) is 0 Å². The number of amides is 1. The van der Waals surface area contributed by atoms with E-state index < -0.39 is 23.5 Å². The normalized spacial score (nSPS) is 12.3. The van der Waals surface area contributed by atoms with Crippen molar-refractivity contribution in [3.8, 4) is 11.4 Å². The van der Waals surface area contributed by atoms with Gasteiger partial charge in [-0.15, -0.1) is 0 Å². The fourth-order valence-electron chi connectivity index (χ4n) is 3.46. The molecule has 0 aliphatic rings. The Labute approximate surface area is 192 Å². The number of nitrogens with zero attached hydrogens (tertiary/aromatic N) is 1. The van der Waals surface area contributed by atoms with Gasteiger partial charge in [-0.05, 0) is 69.5 Å². The van der Waals surface area contributed by atoms with Crippen LogP contribution in [0.25, 0.3) is 5.69 Å². The summed E-state index contributed by atoms with van der Waals surface area (Å²) in [6.07, 6.45) is -0.327. The summed E-state index contributed by atoms with van der Waals surface area (Å²) < 4.78 is 7.17. The molecule has 0 saturated carbocycles. The van der Waals surface area contributed by atoms with E-state index >= 15 is 0 Å². The van der Waals surface area contributed by atoms with Crippen molar-refractivity contribution in [1.29, 1.82) is 0 Å². The van der Waals surface area contributed by atoms with Gasteiger partial charge in [0, 0.05) is 6.07 Å². The number of rotatable bonds is 7. The monoisotopic (exact) mass is 451 g/mol. The van der Waals surface area contributed by atoms with Gasteiger partial charge in [-0.3, -0.25) is 19.5 Å². The van der Waals surface area contributed by atoms with E-state index in [0.29, 0.717) is 17.0 Å². The highest BCUT2D eigenvalue weighted by Crippen LogP contribution is 2.25. The van der Waals surface area contributed by atoms with Crippen LogP contribution in [0.5, 0.6) is 5.75 Å². The third-order valence-electron chi connectivity index (χ3n) is 4.94. The maximum atomic E-state index is 13.0. The predicted molar refractivity (Wildman–Crippen MR) is 125 cm³/mol. The molecule has 0 bridgehead atoms. The van der Waals surface area contributed by atoms with Gasteiger partial charge >= 0.3 is 5.97 Å². The molecule has 1 aromatic heterocycles. The van der Waals surface area contributed by atoms with Crippen LogP contribution < -0.4 is 15.6 Å². The number of hydrogen-bond donors (Lipinski definition) is 3. The fraction of sp³-hybridized carbons (Fsp3) is 0.320. The van der Waals surface area contributed by atoms with Gasteiger partial charge in [0.1, 0.15) is 17.0 Å². The summed E-state index contributed by atoms with van der Waals surface area (Å²) in [6, 6.07) is 13.0. The van der Waals surface area contributed by atoms with Crippen LogP contribution in [0.1, 0.15) is 60.4 Å². The largest absolute Gasteiger partial charge is 0.488 e. The van der Waals surface area contributed by atoms with Crippen molar-refractivity contribution in [2.45, 2.75) is 52.7 Å². The lowest BCUT2D eigenvalue weighted by Crippen LogP contribution is -2.30. The number of carbonyl (C=O) groups excluding carboxylic acids is 1. The molecule has 0 aliphatic heterocycles. The van der Waals surface area contributed by atoms with Crippen molar-refractivity contribution < 1.29 is 19.4 Å². The van der Waals surface area contributed by atoms with E-state index in [-0.39, 0.29) is 17.7 Å². The number of H-pyrrole nitrogens is 1. The molecule has 1 amide bonds. The summed E-state index contributed by atoms with van der Waals surface area (Å²) in [6.45, 7) is 9.52. The number of aromatic amines is 1. The Hall–Kier alpha value is -3.81. The molecule has 0 spiro atoms. The molecule has 0 fully saturated rings. The second-order valence-corrected chi connectivity index (χ2v) is 9.04. The Kier molecular flexibility index (Phi) is 6.76. The van der Waals surface area contributed by atoms with Crippen LogP contribution in [-0.2, 0) is 4.79 Å². The van der Waals surface area contributed by atoms with Gasteiger partial charge in [0.15, 0.2) is 0 Å². The first-order valence-electron chi connectivity index (χ1n) is 10.6. The molecule has 0 radical (unpaired) electrons. The van der Waals surface area contributed by atoms with E-state index in [4.69, 9.17) is 4.74 Å². The average Bonchev–Trinajstić information content (AvgIpc) is 3.09. The molecule has 3 rings (SSSR count). The molecule has 3 N–H and O–H groups in total. The molecule has 0 aliphatic carbocycles. The third-order valence-corrected chi connectivity index (χ3v) is 4.94. The van der Waals surface area contributed by atoms with Crippen LogP contribution in [0.15, 0.2) is 53.3 Å². The molecule has 33 heavy (non-hydrogen) atoms. The fourth-order valence-corrected chi connectivity index (χ4v) is 3.46. The Morgan fingerprint density at radius 2 is 1.85 bits per heavy atom. The number of benzene rings is 2. The van der Waals surface area contributed by atoms with Gasteiger partial charge in [-0.1, -0.05) is 24.3 Å². The summed E-state index contributed by atoms with van der Waals surface area (Å²) in [5.74, 6) is -1.08. The minimum absolute atomic E-state index is 0.0402. The summed E-state index contributed by atoms with van der Waals surface area (Å²) >= 11 is 0. The van der Waals surface area contributed by atoms with Crippen molar-refractivity contribution in [2.24, 2.45) is 0 Å². The number of aryl methyl sites for hydroxylation is 2. The van der Waals surface area contributed by atoms with E-state index in [9.17, 15) is 19.5 Å². The van der Waals surface area contributed by atoms with Gasteiger partial charge in [-0.25, -0.2) is 4.68 Å². The van der Waals surface area contributed by atoms with Gasteiger partial charge in [0.25, 0.3) is 11.5 Å². The Bertz CT molecular complexity index is 1230. The Morgan fingerprint density at radius 1 is 1.12 bits per heavy atom. The number of nitrogens with one attached hydrogen (secondary N) is 2. The van der Waals surface area contributed by atoms with Crippen molar-refractivity contribution in [2.75, 3.05) is 0 Å². The Morgan fingerprint density at radius 3 is 2.52 bits per heavy atom. The smallest absolute Gasteiger partial charge is 0.305 e. The van der Waals surface area contributed by atoms with Gasteiger partial charge < -0.3 is 15.2 Å². The van der Waals surface area contributed by atoms with Crippen LogP contribution >= 0.6 is 0 Å². The molecule has 2 aromatic carbocycles. The van der Waals surface area contributed by atoms with Gasteiger partial charge in [0.05, 0.1) is 18.2 Å². The number of carboxylic acid groups (broad SMARTS) is 1. The van der Waals surface area contributed by atoms with Crippen molar-refractivity contribution in [3.63, 3.8) is 0 Å². The molecular weight excluding hydrogens is 422 g/mol. The molecule has 0 saturated heterocycles. The number of carbonyl (C=O) groups is 2. The van der Waals surface area contributed by atoms with Gasteiger partial charge in [0.2, 0.25) is 0 Å². The summed E-state index contributed by atoms with van der Waals surface area (Å²) in [5, 5.41) is 15.0. The van der Waals surface area contributed by atoms with Crippen molar-refractivity contribution in [3.05, 3.63) is 81.3 Å². The highest BCUT2D eigenvalue weighted by Gasteiger charge is 2.22. The zero-order chi connectivity index (χ0) is 24.3. The zero-order valence-electron chi connectivity index (χ0n) is 19.4. The van der Waals surface area contributed by atoms with Crippen molar-refractivity contribution in [1.82, 2.24) is 15.1 Å². The topological polar surface area (TPSA) is 113 Å². The van der Waals surface area contributed by atoms with E-state index in [0.717, 1.165) is 11.1 Å². The highest BCUT2D eigenvalue weighted by atomic mass is 16.5. The van der Waals surface area contributed by atoms with Crippen LogP contribution in [0.4, 0.5) is 0 Å². The maximum Gasteiger partial charge on any atom is 0.305 e. The number of ether oxygens (including phenoxy) is 1. The summed E-state index contributed by atoms with van der Waals surface area (Å²) in [5.41, 5.74) is 2.30. The molecule has 8 heteroatoms. The van der Waals surface area contributed by atoms with Crippen LogP contribution in [0.3, 0.4) is 0 Å². The molecule has 3 aromatic rings. The number of aromatic nitrogens is 2. The first-order chi connectivity index (χ1) is 15.4.